The summed E-state index contributed by atoms with van der Waals surface area (Å²) in [4.78, 5) is 22.7. The molecule has 2 bridgehead atoms. The van der Waals surface area contributed by atoms with Crippen molar-refractivity contribution >= 4 is 39.9 Å². The molecular formula is C26H24ClF3N4O3. The molecule has 11 heteroatoms. The molecule has 1 aromatic heterocycles. The van der Waals surface area contributed by atoms with Gasteiger partial charge in [0.1, 0.15) is 18.2 Å². The van der Waals surface area contributed by atoms with Gasteiger partial charge in [-0.3, -0.25) is 4.79 Å². The molecule has 3 heterocycles. The molecule has 0 aliphatic carbocycles. The first-order valence-electron chi connectivity index (χ1n) is 11.8. The van der Waals surface area contributed by atoms with Crippen LogP contribution in [0.5, 0.6) is 11.5 Å². The SMILES string of the molecule is C=CC(=O)N1[C@@H]2CC[C@H]1CC(Oc1cc3c(Nc4ccc(Cl)c(C(F)(F)F)c4)ncnc3cc1OC)C2. The monoisotopic (exact) mass is 532 g/mol. The molecule has 2 aromatic carbocycles. The minimum Gasteiger partial charge on any atom is -0.493 e. The van der Waals surface area contributed by atoms with E-state index < -0.39 is 11.7 Å². The van der Waals surface area contributed by atoms with Crippen LogP contribution < -0.4 is 14.8 Å². The average Bonchev–Trinajstić information content (AvgIpc) is 3.14. The molecule has 3 atom stereocenters. The fraction of sp³-hybridized carbons (Fsp3) is 0.346. The molecule has 37 heavy (non-hydrogen) atoms. The summed E-state index contributed by atoms with van der Waals surface area (Å²) in [7, 11) is 1.52. The summed E-state index contributed by atoms with van der Waals surface area (Å²) in [6, 6.07) is 7.17. The van der Waals surface area contributed by atoms with E-state index in [0.29, 0.717) is 41.1 Å². The Morgan fingerprint density at radius 3 is 2.54 bits per heavy atom. The molecule has 0 spiro atoms. The van der Waals surface area contributed by atoms with Gasteiger partial charge in [0.25, 0.3) is 0 Å². The molecule has 1 amide bonds. The van der Waals surface area contributed by atoms with Gasteiger partial charge in [-0.05, 0) is 43.2 Å². The summed E-state index contributed by atoms with van der Waals surface area (Å²) < 4.78 is 51.9. The average molecular weight is 533 g/mol. The number of amides is 1. The Hall–Kier alpha value is -3.53. The summed E-state index contributed by atoms with van der Waals surface area (Å²) >= 11 is 5.75. The van der Waals surface area contributed by atoms with Gasteiger partial charge in [0, 0.05) is 42.1 Å². The third-order valence-electron chi connectivity index (χ3n) is 6.87. The number of carbonyl (C=O) groups excluding carboxylic acids is 1. The zero-order valence-corrected chi connectivity index (χ0v) is 20.6. The number of carbonyl (C=O) groups is 1. The Kier molecular flexibility index (Phi) is 6.61. The van der Waals surface area contributed by atoms with Crippen LogP contribution in [0.25, 0.3) is 10.9 Å². The molecule has 0 saturated carbocycles. The van der Waals surface area contributed by atoms with Crippen LogP contribution in [0.3, 0.4) is 0 Å². The molecule has 2 saturated heterocycles. The number of alkyl halides is 3. The minimum absolute atomic E-state index is 0.0574. The van der Waals surface area contributed by atoms with Crippen LogP contribution in [-0.2, 0) is 11.0 Å². The quantitative estimate of drug-likeness (QED) is 0.384. The highest BCUT2D eigenvalue weighted by Crippen LogP contribution is 2.41. The number of nitrogens with one attached hydrogen (secondary N) is 1. The number of rotatable bonds is 6. The molecule has 2 fully saturated rings. The number of fused-ring (bicyclic) bond motifs is 3. The number of piperidine rings is 1. The number of ether oxygens (including phenoxy) is 2. The van der Waals surface area contributed by atoms with Gasteiger partial charge in [-0.1, -0.05) is 18.2 Å². The van der Waals surface area contributed by atoms with Crippen LogP contribution in [0.2, 0.25) is 5.02 Å². The fourth-order valence-electron chi connectivity index (χ4n) is 5.24. The lowest BCUT2D eigenvalue weighted by molar-refractivity contribution is -0.137. The second-order valence-electron chi connectivity index (χ2n) is 9.11. The van der Waals surface area contributed by atoms with Crippen LogP contribution in [0.4, 0.5) is 24.7 Å². The molecule has 3 aromatic rings. The van der Waals surface area contributed by atoms with Gasteiger partial charge in [-0.2, -0.15) is 13.2 Å². The number of halogens is 4. The van der Waals surface area contributed by atoms with Crippen molar-refractivity contribution in [2.75, 3.05) is 12.4 Å². The maximum absolute atomic E-state index is 13.3. The first-order chi connectivity index (χ1) is 17.7. The highest BCUT2D eigenvalue weighted by atomic mass is 35.5. The Morgan fingerprint density at radius 1 is 1.16 bits per heavy atom. The Bertz CT molecular complexity index is 1350. The first-order valence-corrected chi connectivity index (χ1v) is 12.1. The second-order valence-corrected chi connectivity index (χ2v) is 9.51. The number of methoxy groups -OCH3 is 1. The number of anilines is 2. The maximum Gasteiger partial charge on any atom is 0.417 e. The number of hydrogen-bond acceptors (Lipinski definition) is 6. The summed E-state index contributed by atoms with van der Waals surface area (Å²) in [5, 5.41) is 3.10. The smallest absolute Gasteiger partial charge is 0.417 e. The van der Waals surface area contributed by atoms with Crippen molar-refractivity contribution in [3.63, 3.8) is 0 Å². The Balaban J connectivity index is 1.44. The van der Waals surface area contributed by atoms with Crippen molar-refractivity contribution in [2.24, 2.45) is 0 Å². The minimum atomic E-state index is -4.60. The van der Waals surface area contributed by atoms with E-state index in [4.69, 9.17) is 21.1 Å². The molecular weight excluding hydrogens is 509 g/mol. The molecule has 1 N–H and O–H groups in total. The van der Waals surface area contributed by atoms with E-state index >= 15 is 0 Å². The first kappa shape index (κ1) is 25.1. The Morgan fingerprint density at radius 2 is 1.89 bits per heavy atom. The van der Waals surface area contributed by atoms with E-state index in [1.165, 1.54) is 31.6 Å². The van der Waals surface area contributed by atoms with E-state index in [9.17, 15) is 18.0 Å². The molecule has 194 valence electrons. The predicted molar refractivity (Wildman–Crippen MR) is 133 cm³/mol. The fourth-order valence-corrected chi connectivity index (χ4v) is 5.47. The maximum atomic E-state index is 13.3. The van der Waals surface area contributed by atoms with Crippen molar-refractivity contribution in [3.8, 4) is 11.5 Å². The molecule has 0 radical (unpaired) electrons. The van der Waals surface area contributed by atoms with Crippen LogP contribution >= 0.6 is 11.6 Å². The molecule has 2 aliphatic heterocycles. The molecule has 2 aliphatic rings. The summed E-state index contributed by atoms with van der Waals surface area (Å²) in [6.45, 7) is 3.61. The number of hydrogen-bond donors (Lipinski definition) is 1. The van der Waals surface area contributed by atoms with Gasteiger partial charge in [-0.15, -0.1) is 0 Å². The van der Waals surface area contributed by atoms with Crippen LogP contribution in [0.15, 0.2) is 49.3 Å². The van der Waals surface area contributed by atoms with Crippen molar-refractivity contribution in [1.29, 1.82) is 0 Å². The van der Waals surface area contributed by atoms with Gasteiger partial charge >= 0.3 is 6.18 Å². The topological polar surface area (TPSA) is 76.6 Å². The molecule has 5 rings (SSSR count). The van der Waals surface area contributed by atoms with Crippen molar-refractivity contribution in [3.05, 3.63) is 59.9 Å². The predicted octanol–water partition coefficient (Wildman–Crippen LogP) is 6.14. The van der Waals surface area contributed by atoms with Gasteiger partial charge in [0.2, 0.25) is 5.91 Å². The lowest BCUT2D eigenvalue weighted by Gasteiger charge is -2.38. The zero-order valence-electron chi connectivity index (χ0n) is 19.9. The van der Waals surface area contributed by atoms with Crippen molar-refractivity contribution in [2.45, 2.75) is 50.0 Å². The van der Waals surface area contributed by atoms with Gasteiger partial charge in [-0.25, -0.2) is 9.97 Å². The van der Waals surface area contributed by atoms with E-state index in [1.54, 1.807) is 12.1 Å². The highest BCUT2D eigenvalue weighted by molar-refractivity contribution is 6.31. The van der Waals surface area contributed by atoms with E-state index in [2.05, 4.69) is 21.9 Å². The van der Waals surface area contributed by atoms with Crippen LogP contribution in [0, 0.1) is 0 Å². The second kappa shape index (κ2) is 9.74. The lowest BCUT2D eigenvalue weighted by Crippen LogP contribution is -2.48. The summed E-state index contributed by atoms with van der Waals surface area (Å²) in [5.74, 6) is 1.19. The van der Waals surface area contributed by atoms with Gasteiger partial charge < -0.3 is 19.7 Å². The van der Waals surface area contributed by atoms with Crippen LogP contribution in [0.1, 0.15) is 31.2 Å². The third-order valence-corrected chi connectivity index (χ3v) is 7.20. The highest BCUT2D eigenvalue weighted by Gasteiger charge is 2.43. The van der Waals surface area contributed by atoms with E-state index in [1.807, 2.05) is 4.90 Å². The molecule has 1 unspecified atom stereocenters. The van der Waals surface area contributed by atoms with Gasteiger partial charge in [0.05, 0.1) is 23.2 Å². The summed E-state index contributed by atoms with van der Waals surface area (Å²) in [6.07, 6.45) is 1.13. The number of benzene rings is 2. The standard InChI is InChI=1S/C26H24ClF3N4O3/c1-3-24(35)34-15-5-6-16(34)10-17(9-15)37-23-11-18-21(12-22(23)36-2)31-13-32-25(18)33-14-4-7-20(27)19(8-14)26(28,29)30/h3-4,7-8,11-13,15-17H,1,5-6,9-10H2,2H3,(H,31,32,33)/t15-,16+,17?. The normalized spacial score (nSPS) is 21.1. The van der Waals surface area contributed by atoms with E-state index in [-0.39, 0.29) is 34.8 Å². The van der Waals surface area contributed by atoms with Crippen molar-refractivity contribution < 1.29 is 27.4 Å². The largest absolute Gasteiger partial charge is 0.493 e. The number of aromatic nitrogens is 2. The van der Waals surface area contributed by atoms with Crippen LogP contribution in [-0.4, -0.2) is 46.1 Å². The van der Waals surface area contributed by atoms with E-state index in [0.717, 1.165) is 18.9 Å². The van der Waals surface area contributed by atoms with Gasteiger partial charge in [0.15, 0.2) is 11.5 Å². The Labute approximate surface area is 216 Å². The van der Waals surface area contributed by atoms with Crippen molar-refractivity contribution in [1.82, 2.24) is 14.9 Å². The molecule has 7 nitrogen and oxygen atoms in total. The lowest BCUT2D eigenvalue weighted by atomic mass is 9.99. The zero-order chi connectivity index (χ0) is 26.3. The third kappa shape index (κ3) is 4.90. The number of nitrogens with zero attached hydrogens (tertiary/aromatic N) is 3. The summed E-state index contributed by atoms with van der Waals surface area (Å²) in [5.41, 5.74) is -0.247.